The summed E-state index contributed by atoms with van der Waals surface area (Å²) in [5.41, 5.74) is -3.06. The number of cyclic esters (lactones) is 1. The molecular weight excluding hydrogens is 808 g/mol. The molecule has 9 N–H and O–H groups in total. The van der Waals surface area contributed by atoms with Crippen LogP contribution in [0.25, 0.3) is 0 Å². The minimum atomic E-state index is -1.75. The van der Waals surface area contributed by atoms with E-state index < -0.39 is 127 Å². The first-order valence-electron chi connectivity index (χ1n) is 21.8. The van der Waals surface area contributed by atoms with E-state index >= 15 is 0 Å². The summed E-state index contributed by atoms with van der Waals surface area (Å²) in [4.78, 5) is 25.3. The molecule has 4 heterocycles. The molecule has 0 spiro atoms. The zero-order chi connectivity index (χ0) is 43.8. The molecule has 4 aliphatic carbocycles. The summed E-state index contributed by atoms with van der Waals surface area (Å²) in [5, 5.41) is 97.4. The highest BCUT2D eigenvalue weighted by Gasteiger charge is 2.71. The number of hydrogen-bond donors (Lipinski definition) is 9. The zero-order valence-electron chi connectivity index (χ0n) is 34.8. The van der Waals surface area contributed by atoms with Crippen LogP contribution in [-0.2, 0) is 47.5 Å². The Morgan fingerprint density at radius 1 is 0.820 bits per heavy atom. The maximum atomic E-state index is 13.3. The lowest BCUT2D eigenvalue weighted by Gasteiger charge is -2.65. The van der Waals surface area contributed by atoms with Gasteiger partial charge in [0.25, 0.3) is 0 Å². The molecule has 3 saturated heterocycles. The highest BCUT2D eigenvalue weighted by molar-refractivity contribution is 5.85. The van der Waals surface area contributed by atoms with Crippen molar-refractivity contribution in [2.75, 3.05) is 26.9 Å². The molecule has 0 bridgehead atoms. The molecule has 2 unspecified atom stereocenters. The lowest BCUT2D eigenvalue weighted by atomic mass is 9.41. The van der Waals surface area contributed by atoms with E-state index in [-0.39, 0.29) is 43.2 Å². The van der Waals surface area contributed by atoms with Crippen molar-refractivity contribution in [3.8, 4) is 0 Å². The van der Waals surface area contributed by atoms with Crippen LogP contribution in [0.3, 0.4) is 0 Å². The van der Waals surface area contributed by atoms with Gasteiger partial charge < -0.3 is 88.6 Å². The minimum absolute atomic E-state index is 0.00485. The fourth-order valence-corrected chi connectivity index (χ4v) is 12.9. The highest BCUT2D eigenvalue weighted by atomic mass is 16.8. The van der Waals surface area contributed by atoms with Gasteiger partial charge in [0.05, 0.1) is 48.1 Å². The van der Waals surface area contributed by atoms with E-state index in [1.54, 1.807) is 13.0 Å². The van der Waals surface area contributed by atoms with Crippen LogP contribution in [-0.4, -0.2) is 188 Å². The van der Waals surface area contributed by atoms with Gasteiger partial charge in [0, 0.05) is 31.4 Å². The van der Waals surface area contributed by atoms with Gasteiger partial charge in [0.2, 0.25) is 0 Å². The zero-order valence-corrected chi connectivity index (χ0v) is 34.8. The maximum Gasteiger partial charge on any atom is 0.331 e. The van der Waals surface area contributed by atoms with E-state index in [4.69, 9.17) is 37.9 Å². The van der Waals surface area contributed by atoms with E-state index in [1.165, 1.54) is 7.11 Å². The SMILES string of the molecule is CO[C@H]1C[C@H](O[C@H]2CC[C@]3(C=O)C4CC[C@]5(C)C(C6=CC(=O)OC6)CC[C@]5(O)[C@@H]4CC[C@]3(O)C2)O[C@H](C)[C@H]1O[C@@H]1O[C@H](CO[C@@H]2O[C@H](CO)[C@@H](O)[C@@H](O)[C@H]2O)[C@@H](O)[C@@H](O)[C@H]1O. The van der Waals surface area contributed by atoms with Crippen LogP contribution in [0.5, 0.6) is 0 Å². The average Bonchev–Trinajstić information content (AvgIpc) is 3.79. The van der Waals surface area contributed by atoms with Crippen molar-refractivity contribution in [3.63, 3.8) is 0 Å². The number of methoxy groups -OCH3 is 1. The summed E-state index contributed by atoms with van der Waals surface area (Å²) < 4.78 is 46.7. The number of hydrogen-bond acceptors (Lipinski definition) is 19. The Morgan fingerprint density at radius 3 is 2.18 bits per heavy atom. The third-order valence-electron chi connectivity index (χ3n) is 16.3. The van der Waals surface area contributed by atoms with Crippen molar-refractivity contribution in [1.29, 1.82) is 0 Å². The van der Waals surface area contributed by atoms with Crippen LogP contribution >= 0.6 is 0 Å². The number of fused-ring (bicyclic) bond motifs is 5. The summed E-state index contributed by atoms with van der Waals surface area (Å²) in [5.74, 6) is -0.767. The van der Waals surface area contributed by atoms with Crippen molar-refractivity contribution >= 4 is 12.3 Å². The second kappa shape index (κ2) is 17.2. The molecule has 22 atom stereocenters. The molecule has 0 aromatic carbocycles. The summed E-state index contributed by atoms with van der Waals surface area (Å²) in [6, 6.07) is 0. The molecule has 0 aromatic rings. The van der Waals surface area contributed by atoms with Crippen LogP contribution in [0.1, 0.15) is 78.1 Å². The van der Waals surface area contributed by atoms with Crippen molar-refractivity contribution in [2.45, 2.75) is 181 Å². The van der Waals surface area contributed by atoms with E-state index in [0.29, 0.717) is 44.9 Å². The summed E-state index contributed by atoms with van der Waals surface area (Å²) >= 11 is 0. The van der Waals surface area contributed by atoms with Gasteiger partial charge in [-0.2, -0.15) is 0 Å². The van der Waals surface area contributed by atoms with Crippen LogP contribution in [0.2, 0.25) is 0 Å². The fourth-order valence-electron chi connectivity index (χ4n) is 12.9. The van der Waals surface area contributed by atoms with Crippen LogP contribution in [0.4, 0.5) is 0 Å². The number of carbonyl (C=O) groups is 2. The number of aliphatic hydroxyl groups is 9. The molecule has 4 aliphatic heterocycles. The summed E-state index contributed by atoms with van der Waals surface area (Å²) in [6.45, 7) is 2.86. The number of ether oxygens (including phenoxy) is 8. The Kier molecular flexibility index (Phi) is 12.9. The smallest absolute Gasteiger partial charge is 0.331 e. The van der Waals surface area contributed by atoms with Crippen LogP contribution in [0, 0.1) is 28.6 Å². The quantitative estimate of drug-likeness (QED) is 0.0622. The third-order valence-corrected chi connectivity index (χ3v) is 16.3. The lowest BCUT2D eigenvalue weighted by molar-refractivity contribution is -0.355. The predicted molar refractivity (Wildman–Crippen MR) is 203 cm³/mol. The number of aliphatic hydroxyl groups excluding tert-OH is 7. The van der Waals surface area contributed by atoms with Crippen LogP contribution in [0.15, 0.2) is 11.6 Å². The van der Waals surface area contributed by atoms with Crippen molar-refractivity contribution < 1.29 is 93.4 Å². The first-order valence-corrected chi connectivity index (χ1v) is 21.8. The van der Waals surface area contributed by atoms with Crippen molar-refractivity contribution in [2.24, 2.45) is 28.6 Å². The van der Waals surface area contributed by atoms with Gasteiger partial charge in [0.1, 0.15) is 67.8 Å². The Hall–Kier alpha value is -1.76. The summed E-state index contributed by atoms with van der Waals surface area (Å²) in [6.07, 6.45) is -12.2. The molecule has 8 aliphatic rings. The largest absolute Gasteiger partial charge is 0.458 e. The van der Waals surface area contributed by atoms with Gasteiger partial charge in [-0.3, -0.25) is 0 Å². The molecule has 8 rings (SSSR count). The molecule has 0 radical (unpaired) electrons. The van der Waals surface area contributed by atoms with Crippen LogP contribution < -0.4 is 0 Å². The monoisotopic (exact) mass is 872 g/mol. The van der Waals surface area contributed by atoms with Gasteiger partial charge in [-0.25, -0.2) is 4.79 Å². The normalized spacial score (nSPS) is 53.6. The van der Waals surface area contributed by atoms with Gasteiger partial charge in [0.15, 0.2) is 18.9 Å². The van der Waals surface area contributed by atoms with Gasteiger partial charge >= 0.3 is 5.97 Å². The second-order valence-corrected chi connectivity index (χ2v) is 19.2. The number of carbonyl (C=O) groups excluding carboxylic acids is 2. The first-order chi connectivity index (χ1) is 28.9. The topological polar surface area (TPSA) is 290 Å². The number of rotatable bonds is 11. The molecule has 19 nitrogen and oxygen atoms in total. The number of aldehydes is 1. The second-order valence-electron chi connectivity index (χ2n) is 19.2. The van der Waals surface area contributed by atoms with Gasteiger partial charge in [-0.05, 0) is 81.6 Å². The Bertz CT molecular complexity index is 1630. The van der Waals surface area contributed by atoms with E-state index in [2.05, 4.69) is 6.92 Å². The molecule has 4 saturated carbocycles. The van der Waals surface area contributed by atoms with E-state index in [9.17, 15) is 55.5 Å². The molecule has 7 fully saturated rings. The predicted octanol–water partition coefficient (Wildman–Crippen LogP) is -1.92. The Labute approximate surface area is 353 Å². The molecule has 0 aromatic heterocycles. The lowest BCUT2D eigenvalue weighted by Crippen LogP contribution is -2.69. The average molecular weight is 873 g/mol. The molecule has 61 heavy (non-hydrogen) atoms. The summed E-state index contributed by atoms with van der Waals surface area (Å²) in [7, 11) is 1.47. The molecular formula is C42H64O19. The van der Waals surface area contributed by atoms with Crippen molar-refractivity contribution in [1.82, 2.24) is 0 Å². The number of esters is 1. The standard InChI is InChI=1S/C42H64O19/c1-19-36(61-38-35(51)33(49)31(47)27(60-38)17-56-37-34(50)32(48)30(46)26(15-43)59-37)25(54-3)13-29(57-19)58-21-4-9-40(18-44)23-5-8-39(2)22(20-12-28(45)55-16-20)7-11-42(39,53)24(23)6-10-41(40,52)14-21/h12,18-19,21-27,29-38,43,46-53H,4-11,13-17H2,1-3H3/t19-,21+,22?,23?,24-,25+,26-,27-,29+,30-,31-,32-,33-,34-,35-,36-,37-,38+,39-,40+,41+,42+/m1/s1. The Balaban J connectivity index is 0.886. The first kappa shape index (κ1) is 45.8. The molecule has 19 heteroatoms. The highest BCUT2D eigenvalue weighted by Crippen LogP contribution is 2.70. The van der Waals surface area contributed by atoms with E-state index in [1.807, 2.05) is 0 Å². The molecule has 346 valence electrons. The minimum Gasteiger partial charge on any atom is -0.458 e. The molecule has 0 amide bonds. The third kappa shape index (κ3) is 7.55. The van der Waals surface area contributed by atoms with Crippen molar-refractivity contribution in [3.05, 3.63) is 11.6 Å². The van der Waals surface area contributed by atoms with E-state index in [0.717, 1.165) is 18.3 Å². The van der Waals surface area contributed by atoms with Gasteiger partial charge in [-0.1, -0.05) is 6.92 Å². The Morgan fingerprint density at radius 2 is 1.51 bits per heavy atom. The maximum absolute atomic E-state index is 13.3. The fraction of sp³-hybridized carbons (Fsp3) is 0.905. The van der Waals surface area contributed by atoms with Gasteiger partial charge in [-0.15, -0.1) is 0 Å².